The molecule has 1 heterocycles. The fourth-order valence-electron chi connectivity index (χ4n) is 6.08. The van der Waals surface area contributed by atoms with Gasteiger partial charge in [-0.05, 0) is 49.5 Å². The SMILES string of the molecule is C=C/C(C)=C/C[C@]1(C)[C@H]2C[C@@H](OC(C)=O)C=C3[C@H](OC(C)=O)O[C@H](OC(C)=O)[C@@]32[C@H](O)C[C@@H]1C. The summed E-state index contributed by atoms with van der Waals surface area (Å²) in [7, 11) is 0. The number of carbonyl (C=O) groups is 3. The molecule has 0 bridgehead atoms. The molecule has 34 heavy (non-hydrogen) atoms. The summed E-state index contributed by atoms with van der Waals surface area (Å²) in [5.74, 6) is -1.83. The molecule has 0 amide bonds. The first-order chi connectivity index (χ1) is 15.9. The smallest absolute Gasteiger partial charge is 0.305 e. The number of aliphatic hydroxyl groups excluding tert-OH is 1. The highest BCUT2D eigenvalue weighted by atomic mass is 16.8. The molecule has 1 spiro atoms. The molecule has 3 rings (SSSR count). The van der Waals surface area contributed by atoms with Crippen LogP contribution in [-0.2, 0) is 33.3 Å². The zero-order valence-electron chi connectivity index (χ0n) is 20.8. The van der Waals surface area contributed by atoms with Gasteiger partial charge < -0.3 is 19.3 Å². The minimum Gasteiger partial charge on any atom is -0.458 e. The molecule has 0 aromatic heterocycles. The van der Waals surface area contributed by atoms with Gasteiger partial charge in [0.2, 0.25) is 12.6 Å². The van der Waals surface area contributed by atoms with Gasteiger partial charge in [0.05, 0.1) is 11.5 Å². The Morgan fingerprint density at radius 3 is 2.29 bits per heavy atom. The van der Waals surface area contributed by atoms with Gasteiger partial charge >= 0.3 is 17.9 Å². The van der Waals surface area contributed by atoms with Gasteiger partial charge in [-0.15, -0.1) is 0 Å². The van der Waals surface area contributed by atoms with Crippen molar-refractivity contribution in [3.8, 4) is 0 Å². The number of allylic oxidation sites excluding steroid dienone is 3. The molecule has 0 aromatic rings. The van der Waals surface area contributed by atoms with E-state index in [1.165, 1.54) is 20.8 Å². The van der Waals surface area contributed by atoms with Crippen molar-refractivity contribution < 1.29 is 38.4 Å². The van der Waals surface area contributed by atoms with Crippen molar-refractivity contribution in [3.05, 3.63) is 36.0 Å². The molecule has 2 aliphatic carbocycles. The maximum absolute atomic E-state index is 12.1. The molecule has 188 valence electrons. The van der Waals surface area contributed by atoms with Gasteiger partial charge in [-0.25, -0.2) is 0 Å². The molecule has 8 atom stereocenters. The third-order valence-electron chi connectivity index (χ3n) is 7.90. The highest BCUT2D eigenvalue weighted by molar-refractivity contribution is 5.68. The maximum Gasteiger partial charge on any atom is 0.305 e. The van der Waals surface area contributed by atoms with E-state index < -0.39 is 53.5 Å². The number of aliphatic hydroxyl groups is 1. The first-order valence-corrected chi connectivity index (χ1v) is 11.7. The standard InChI is InChI=1S/C26H36O8/c1-8-14(2)9-10-25(7)15(3)11-22(30)26-20(12-19(13-21(25)26)31-16(4)27)23(32-17(5)28)34-24(26)33-18(6)29/h8-9,12,15,19,21-24,30H,1,10-11,13H2,2-7H3/b14-9+/t15-,19-,21+,22+,23+,24-,25-,26-/m0/s1. The van der Waals surface area contributed by atoms with Crippen LogP contribution in [0.3, 0.4) is 0 Å². The largest absolute Gasteiger partial charge is 0.458 e. The van der Waals surface area contributed by atoms with Crippen LogP contribution < -0.4 is 0 Å². The summed E-state index contributed by atoms with van der Waals surface area (Å²) in [6, 6.07) is 0. The fourth-order valence-corrected chi connectivity index (χ4v) is 6.08. The molecule has 2 fully saturated rings. The average Bonchev–Trinajstić information content (AvgIpc) is 3.02. The van der Waals surface area contributed by atoms with Crippen LogP contribution in [0.15, 0.2) is 36.0 Å². The lowest BCUT2D eigenvalue weighted by molar-refractivity contribution is -0.253. The minimum atomic E-state index is -1.17. The van der Waals surface area contributed by atoms with Crippen LogP contribution in [0.2, 0.25) is 0 Å². The highest BCUT2D eigenvalue weighted by Crippen LogP contribution is 2.67. The number of rotatable bonds is 6. The molecule has 1 saturated heterocycles. The molecule has 8 heteroatoms. The van der Waals surface area contributed by atoms with Crippen LogP contribution in [0.1, 0.15) is 60.8 Å². The lowest BCUT2D eigenvalue weighted by Gasteiger charge is -2.60. The van der Waals surface area contributed by atoms with Crippen molar-refractivity contribution in [1.29, 1.82) is 0 Å². The summed E-state index contributed by atoms with van der Waals surface area (Å²) in [5.41, 5.74) is -0.0475. The number of hydrogen-bond donors (Lipinski definition) is 1. The van der Waals surface area contributed by atoms with Gasteiger partial charge in [0.15, 0.2) is 0 Å². The Bertz CT molecular complexity index is 920. The second-order valence-electron chi connectivity index (χ2n) is 10.0. The van der Waals surface area contributed by atoms with E-state index in [1.54, 1.807) is 12.2 Å². The van der Waals surface area contributed by atoms with E-state index in [2.05, 4.69) is 26.5 Å². The van der Waals surface area contributed by atoms with Gasteiger partial charge in [0.25, 0.3) is 0 Å². The van der Waals surface area contributed by atoms with Crippen LogP contribution >= 0.6 is 0 Å². The molecule has 0 radical (unpaired) electrons. The minimum absolute atomic E-state index is 0.0788. The van der Waals surface area contributed by atoms with Crippen molar-refractivity contribution in [3.63, 3.8) is 0 Å². The number of hydrogen-bond acceptors (Lipinski definition) is 8. The fraction of sp³-hybridized carbons (Fsp3) is 0.654. The molecule has 1 saturated carbocycles. The van der Waals surface area contributed by atoms with Crippen molar-refractivity contribution >= 4 is 17.9 Å². The monoisotopic (exact) mass is 476 g/mol. The Kier molecular flexibility index (Phi) is 7.43. The van der Waals surface area contributed by atoms with Gasteiger partial charge in [0, 0.05) is 26.3 Å². The Morgan fingerprint density at radius 2 is 1.74 bits per heavy atom. The van der Waals surface area contributed by atoms with Crippen LogP contribution in [-0.4, -0.2) is 47.8 Å². The summed E-state index contributed by atoms with van der Waals surface area (Å²) in [5, 5.41) is 11.6. The van der Waals surface area contributed by atoms with Crippen LogP contribution in [0.4, 0.5) is 0 Å². The number of ether oxygens (including phenoxy) is 4. The molecule has 0 aromatic carbocycles. The van der Waals surface area contributed by atoms with Gasteiger partial charge in [-0.1, -0.05) is 38.2 Å². The van der Waals surface area contributed by atoms with Crippen molar-refractivity contribution in [1.82, 2.24) is 0 Å². The quantitative estimate of drug-likeness (QED) is 0.268. The molecule has 1 aliphatic heterocycles. The Morgan fingerprint density at radius 1 is 1.12 bits per heavy atom. The van der Waals surface area contributed by atoms with E-state index in [1.807, 2.05) is 6.92 Å². The Balaban J connectivity index is 2.23. The summed E-state index contributed by atoms with van der Waals surface area (Å²) >= 11 is 0. The molecule has 1 N–H and O–H groups in total. The first-order valence-electron chi connectivity index (χ1n) is 11.7. The van der Waals surface area contributed by atoms with E-state index >= 15 is 0 Å². The molecule has 8 nitrogen and oxygen atoms in total. The van der Waals surface area contributed by atoms with Crippen molar-refractivity contribution in [2.75, 3.05) is 0 Å². The van der Waals surface area contributed by atoms with Crippen LogP contribution in [0, 0.1) is 22.7 Å². The van der Waals surface area contributed by atoms with Crippen molar-refractivity contribution in [2.45, 2.75) is 85.6 Å². The number of esters is 3. The van der Waals surface area contributed by atoms with E-state index in [9.17, 15) is 19.5 Å². The lowest BCUT2D eigenvalue weighted by atomic mass is 9.45. The summed E-state index contributed by atoms with van der Waals surface area (Å²) in [4.78, 5) is 35.8. The second kappa shape index (κ2) is 9.66. The normalized spacial score (nSPS) is 39.3. The van der Waals surface area contributed by atoms with Gasteiger partial charge in [-0.3, -0.25) is 19.1 Å². The van der Waals surface area contributed by atoms with Gasteiger partial charge in [-0.2, -0.15) is 0 Å². The average molecular weight is 477 g/mol. The Hall–Kier alpha value is -2.45. The van der Waals surface area contributed by atoms with Gasteiger partial charge in [0.1, 0.15) is 6.10 Å². The molecule has 3 aliphatic rings. The summed E-state index contributed by atoms with van der Waals surface area (Å²) < 4.78 is 22.7. The first kappa shape index (κ1) is 26.2. The zero-order valence-corrected chi connectivity index (χ0v) is 20.8. The van der Waals surface area contributed by atoms with E-state index in [-0.39, 0.29) is 11.8 Å². The third kappa shape index (κ3) is 4.45. The maximum atomic E-state index is 12.1. The molecular formula is C26H36O8. The van der Waals surface area contributed by atoms with E-state index in [0.29, 0.717) is 24.8 Å². The molecule has 0 unspecified atom stereocenters. The van der Waals surface area contributed by atoms with Crippen molar-refractivity contribution in [2.24, 2.45) is 22.7 Å². The van der Waals surface area contributed by atoms with E-state index in [4.69, 9.17) is 18.9 Å². The topological polar surface area (TPSA) is 108 Å². The number of carbonyl (C=O) groups excluding carboxylic acids is 3. The highest BCUT2D eigenvalue weighted by Gasteiger charge is 2.71. The van der Waals surface area contributed by atoms with Crippen LogP contribution in [0.5, 0.6) is 0 Å². The summed E-state index contributed by atoms with van der Waals surface area (Å²) in [6.07, 6.45) is 3.21. The predicted molar refractivity (Wildman–Crippen MR) is 123 cm³/mol. The Labute approximate surface area is 201 Å². The molecular weight excluding hydrogens is 440 g/mol. The zero-order chi connectivity index (χ0) is 25.4. The lowest BCUT2D eigenvalue weighted by Crippen LogP contribution is -2.63. The van der Waals surface area contributed by atoms with Crippen LogP contribution in [0.25, 0.3) is 0 Å². The predicted octanol–water partition coefficient (Wildman–Crippen LogP) is 3.59. The van der Waals surface area contributed by atoms with E-state index in [0.717, 1.165) is 5.57 Å². The summed E-state index contributed by atoms with van der Waals surface area (Å²) in [6.45, 7) is 13.9. The third-order valence-corrected chi connectivity index (χ3v) is 7.90. The second-order valence-corrected chi connectivity index (χ2v) is 10.0.